The molecule has 2 rings (SSSR count). The van der Waals surface area contributed by atoms with Gasteiger partial charge in [-0.1, -0.05) is 13.3 Å². The second kappa shape index (κ2) is 5.48. The van der Waals surface area contributed by atoms with Crippen LogP contribution in [0.25, 0.3) is 0 Å². The average molecular weight is 267 g/mol. The Morgan fingerprint density at radius 1 is 1.61 bits per heavy atom. The summed E-state index contributed by atoms with van der Waals surface area (Å²) in [6.07, 6.45) is 3.27. The zero-order valence-electron chi connectivity index (χ0n) is 10.5. The number of carbonyl (C=O) groups is 2. The molecule has 1 saturated heterocycles. The third-order valence-corrected chi connectivity index (χ3v) is 4.03. The van der Waals surface area contributed by atoms with Crippen LogP contribution in [0.15, 0.2) is 11.6 Å². The van der Waals surface area contributed by atoms with E-state index in [1.165, 1.54) is 11.3 Å². The van der Waals surface area contributed by atoms with E-state index >= 15 is 0 Å². The molecule has 1 aromatic heterocycles. The first kappa shape index (κ1) is 13.0. The number of amides is 2. The van der Waals surface area contributed by atoms with Crippen LogP contribution in [0.2, 0.25) is 0 Å². The smallest absolute Gasteiger partial charge is 0.246 e. The van der Waals surface area contributed by atoms with Crippen molar-refractivity contribution in [3.8, 4) is 0 Å². The molecule has 5 nitrogen and oxygen atoms in total. The molecule has 0 spiro atoms. The maximum Gasteiger partial charge on any atom is 0.246 e. The van der Waals surface area contributed by atoms with Crippen molar-refractivity contribution < 1.29 is 9.59 Å². The predicted octanol–water partition coefficient (Wildman–Crippen LogP) is 1.33. The van der Waals surface area contributed by atoms with Crippen molar-refractivity contribution in [2.45, 2.75) is 38.8 Å². The predicted molar refractivity (Wildman–Crippen MR) is 69.1 cm³/mol. The van der Waals surface area contributed by atoms with E-state index in [0.717, 1.165) is 11.4 Å². The molecule has 6 heteroatoms. The van der Waals surface area contributed by atoms with E-state index < -0.39 is 0 Å². The number of carbonyl (C=O) groups excluding carboxylic acids is 2. The van der Waals surface area contributed by atoms with Crippen molar-refractivity contribution in [1.29, 1.82) is 0 Å². The summed E-state index contributed by atoms with van der Waals surface area (Å²) in [7, 11) is 0. The van der Waals surface area contributed by atoms with Crippen LogP contribution in [0.4, 0.5) is 0 Å². The molecule has 0 radical (unpaired) electrons. The molecule has 2 amide bonds. The lowest BCUT2D eigenvalue weighted by Gasteiger charge is -2.35. The minimum Gasteiger partial charge on any atom is -0.343 e. The molecular weight excluding hydrogens is 250 g/mol. The topological polar surface area (TPSA) is 62.3 Å². The molecule has 2 atom stereocenters. The van der Waals surface area contributed by atoms with Gasteiger partial charge in [0.2, 0.25) is 11.8 Å². The molecular formula is C12H17N3O2S. The fourth-order valence-electron chi connectivity index (χ4n) is 2.12. The lowest BCUT2D eigenvalue weighted by Crippen LogP contribution is -2.58. The Morgan fingerprint density at radius 3 is 3.00 bits per heavy atom. The summed E-state index contributed by atoms with van der Waals surface area (Å²) in [6, 6.07) is -0.512. The van der Waals surface area contributed by atoms with Crippen molar-refractivity contribution in [2.75, 3.05) is 6.54 Å². The Bertz CT molecular complexity index is 433. The fourth-order valence-corrected chi connectivity index (χ4v) is 2.83. The number of nitrogens with zero attached hydrogens (tertiary/aromatic N) is 2. The maximum atomic E-state index is 12.3. The zero-order valence-corrected chi connectivity index (χ0v) is 11.4. The first-order valence-electron chi connectivity index (χ1n) is 6.12. The van der Waals surface area contributed by atoms with Crippen molar-refractivity contribution in [2.24, 2.45) is 0 Å². The summed E-state index contributed by atoms with van der Waals surface area (Å²) in [5, 5.41) is 5.50. The first-order chi connectivity index (χ1) is 8.63. The lowest BCUT2D eigenvalue weighted by atomic mass is 10.1. The molecule has 1 aliphatic rings. The van der Waals surface area contributed by atoms with Gasteiger partial charge >= 0.3 is 0 Å². The van der Waals surface area contributed by atoms with E-state index in [0.29, 0.717) is 6.42 Å². The number of piperazine rings is 1. The van der Waals surface area contributed by atoms with Crippen molar-refractivity contribution >= 4 is 23.2 Å². The highest BCUT2D eigenvalue weighted by Crippen LogP contribution is 2.24. The van der Waals surface area contributed by atoms with Crippen LogP contribution in [0.5, 0.6) is 0 Å². The van der Waals surface area contributed by atoms with Gasteiger partial charge in [-0.05, 0) is 13.3 Å². The molecule has 2 unspecified atom stereocenters. The van der Waals surface area contributed by atoms with E-state index in [9.17, 15) is 9.59 Å². The number of nitrogens with one attached hydrogen (secondary N) is 1. The highest BCUT2D eigenvalue weighted by molar-refractivity contribution is 7.09. The van der Waals surface area contributed by atoms with E-state index in [2.05, 4.69) is 10.3 Å². The Balaban J connectivity index is 2.15. The maximum absolute atomic E-state index is 12.3. The summed E-state index contributed by atoms with van der Waals surface area (Å²) in [4.78, 5) is 29.8. The monoisotopic (exact) mass is 267 g/mol. The minimum absolute atomic E-state index is 0.000787. The summed E-state index contributed by atoms with van der Waals surface area (Å²) < 4.78 is 0. The molecule has 18 heavy (non-hydrogen) atoms. The molecule has 0 bridgehead atoms. The Kier molecular flexibility index (Phi) is 3.96. The van der Waals surface area contributed by atoms with Gasteiger partial charge in [0.05, 0.1) is 6.04 Å². The van der Waals surface area contributed by atoms with Crippen LogP contribution < -0.4 is 5.32 Å². The van der Waals surface area contributed by atoms with Crippen molar-refractivity contribution in [3.05, 3.63) is 16.6 Å². The van der Waals surface area contributed by atoms with Gasteiger partial charge in [-0.3, -0.25) is 9.59 Å². The summed E-state index contributed by atoms with van der Waals surface area (Å²) >= 11 is 1.51. The van der Waals surface area contributed by atoms with Gasteiger partial charge in [0.1, 0.15) is 17.6 Å². The summed E-state index contributed by atoms with van der Waals surface area (Å²) in [5.74, 6) is -0.0874. The molecule has 0 aromatic carbocycles. The molecule has 0 saturated carbocycles. The molecule has 0 aliphatic carbocycles. The number of hydrogen-bond acceptors (Lipinski definition) is 4. The standard InChI is InChI=1S/C12H17N3O2S/c1-3-4-9-12(17)15(7-10(16)14-9)8(2)11-13-5-6-18-11/h5-6,8-9H,3-4,7H2,1-2H3,(H,14,16). The Labute approximate surface area is 110 Å². The Morgan fingerprint density at radius 2 is 2.39 bits per heavy atom. The molecule has 1 N–H and O–H groups in total. The third kappa shape index (κ3) is 2.53. The van der Waals surface area contributed by atoms with Crippen LogP contribution in [0.3, 0.4) is 0 Å². The van der Waals surface area contributed by atoms with E-state index in [-0.39, 0.29) is 30.4 Å². The normalized spacial score (nSPS) is 21.9. The molecule has 98 valence electrons. The molecule has 1 aliphatic heterocycles. The third-order valence-electron chi connectivity index (χ3n) is 3.08. The van der Waals surface area contributed by atoms with Crippen LogP contribution >= 0.6 is 11.3 Å². The number of rotatable bonds is 4. The summed E-state index contributed by atoms with van der Waals surface area (Å²) in [5.41, 5.74) is 0. The van der Waals surface area contributed by atoms with Crippen LogP contribution in [-0.2, 0) is 9.59 Å². The lowest BCUT2D eigenvalue weighted by molar-refractivity contribution is -0.146. The second-order valence-electron chi connectivity index (χ2n) is 4.42. The van der Waals surface area contributed by atoms with Crippen molar-refractivity contribution in [3.63, 3.8) is 0 Å². The zero-order chi connectivity index (χ0) is 13.1. The van der Waals surface area contributed by atoms with Crippen LogP contribution in [0.1, 0.15) is 37.7 Å². The van der Waals surface area contributed by atoms with Gasteiger partial charge < -0.3 is 10.2 Å². The average Bonchev–Trinajstić information content (AvgIpc) is 2.86. The SMILES string of the molecule is CCCC1NC(=O)CN(C(C)c2nccs2)C1=O. The highest BCUT2D eigenvalue weighted by atomic mass is 32.1. The van der Waals surface area contributed by atoms with E-state index in [1.807, 2.05) is 19.2 Å². The van der Waals surface area contributed by atoms with Gasteiger partial charge in [0, 0.05) is 11.6 Å². The highest BCUT2D eigenvalue weighted by Gasteiger charge is 2.35. The number of aromatic nitrogens is 1. The van der Waals surface area contributed by atoms with Gasteiger partial charge in [0.25, 0.3) is 0 Å². The quantitative estimate of drug-likeness (QED) is 0.895. The van der Waals surface area contributed by atoms with E-state index in [4.69, 9.17) is 0 Å². The second-order valence-corrected chi connectivity index (χ2v) is 5.35. The van der Waals surface area contributed by atoms with Crippen molar-refractivity contribution in [1.82, 2.24) is 15.2 Å². The van der Waals surface area contributed by atoms with E-state index in [1.54, 1.807) is 11.1 Å². The molecule has 2 heterocycles. The minimum atomic E-state index is -0.376. The Hall–Kier alpha value is -1.43. The first-order valence-corrected chi connectivity index (χ1v) is 7.00. The number of thiazole rings is 1. The van der Waals surface area contributed by atoms with Gasteiger partial charge in [0.15, 0.2) is 0 Å². The largest absolute Gasteiger partial charge is 0.343 e. The summed E-state index contributed by atoms with van der Waals surface area (Å²) in [6.45, 7) is 4.04. The van der Waals surface area contributed by atoms with Crippen LogP contribution in [-0.4, -0.2) is 34.3 Å². The van der Waals surface area contributed by atoms with Crippen LogP contribution in [0, 0.1) is 0 Å². The van der Waals surface area contributed by atoms with Gasteiger partial charge in [-0.2, -0.15) is 0 Å². The van der Waals surface area contributed by atoms with Gasteiger partial charge in [-0.25, -0.2) is 4.98 Å². The molecule has 1 aromatic rings. The molecule has 1 fully saturated rings. The number of hydrogen-bond donors (Lipinski definition) is 1. The fraction of sp³-hybridized carbons (Fsp3) is 0.583. The van der Waals surface area contributed by atoms with Gasteiger partial charge in [-0.15, -0.1) is 11.3 Å².